The Morgan fingerprint density at radius 1 is 1.59 bits per heavy atom. The summed E-state index contributed by atoms with van der Waals surface area (Å²) in [5, 5.41) is 0. The lowest BCUT2D eigenvalue weighted by atomic mass is 9.92. The fraction of sp³-hybridized carbons (Fsp3) is 0.615. The highest BCUT2D eigenvalue weighted by Crippen LogP contribution is 2.26. The third-order valence-electron chi connectivity index (χ3n) is 3.52. The summed E-state index contributed by atoms with van der Waals surface area (Å²) in [6.45, 7) is 6.35. The number of pyridine rings is 1. The van der Waals surface area contributed by atoms with Gasteiger partial charge < -0.3 is 10.6 Å². The average Bonchev–Trinajstić information content (AvgIpc) is 2.29. The molecule has 0 spiro atoms. The number of nitrogens with zero attached hydrogens (tertiary/aromatic N) is 2. The summed E-state index contributed by atoms with van der Waals surface area (Å²) in [4.78, 5) is 6.91. The van der Waals surface area contributed by atoms with Crippen LogP contribution in [-0.4, -0.2) is 24.1 Å². The van der Waals surface area contributed by atoms with E-state index in [0.29, 0.717) is 5.92 Å². The monoisotopic (exact) mass is 297 g/mol. The van der Waals surface area contributed by atoms with Crippen LogP contribution in [0.4, 0.5) is 5.82 Å². The average molecular weight is 298 g/mol. The highest BCUT2D eigenvalue weighted by molar-refractivity contribution is 9.10. The minimum atomic E-state index is 0.272. The molecule has 3 nitrogen and oxygen atoms in total. The van der Waals surface area contributed by atoms with Crippen molar-refractivity contribution in [1.29, 1.82) is 0 Å². The largest absolute Gasteiger partial charge is 0.356 e. The van der Waals surface area contributed by atoms with E-state index in [0.717, 1.165) is 23.4 Å². The maximum absolute atomic E-state index is 6.02. The Morgan fingerprint density at radius 3 is 3.00 bits per heavy atom. The Kier molecular flexibility index (Phi) is 4.05. The topological polar surface area (TPSA) is 42.2 Å². The van der Waals surface area contributed by atoms with Crippen molar-refractivity contribution in [3.8, 4) is 0 Å². The molecule has 4 heteroatoms. The molecule has 0 bridgehead atoms. The van der Waals surface area contributed by atoms with Gasteiger partial charge in [0.2, 0.25) is 0 Å². The molecule has 2 unspecified atom stereocenters. The molecule has 1 aromatic heterocycles. The number of halogens is 1. The van der Waals surface area contributed by atoms with E-state index in [2.05, 4.69) is 45.7 Å². The highest BCUT2D eigenvalue weighted by Gasteiger charge is 2.24. The first-order valence-corrected chi connectivity index (χ1v) is 7.00. The van der Waals surface area contributed by atoms with Crippen LogP contribution in [0.25, 0.3) is 0 Å². The Hall–Kier alpha value is -0.610. The number of aryl methyl sites for hydroxylation is 1. The lowest BCUT2D eigenvalue weighted by molar-refractivity contribution is 0.363. The van der Waals surface area contributed by atoms with Gasteiger partial charge in [-0.2, -0.15) is 0 Å². The number of aromatic nitrogens is 1. The van der Waals surface area contributed by atoms with Crippen LogP contribution >= 0.6 is 15.9 Å². The van der Waals surface area contributed by atoms with E-state index in [4.69, 9.17) is 5.73 Å². The van der Waals surface area contributed by atoms with E-state index in [1.54, 1.807) is 0 Å². The summed E-state index contributed by atoms with van der Waals surface area (Å²) in [5.41, 5.74) is 7.24. The first-order chi connectivity index (χ1) is 8.08. The van der Waals surface area contributed by atoms with Crippen molar-refractivity contribution in [1.82, 2.24) is 4.98 Å². The zero-order chi connectivity index (χ0) is 12.4. The maximum atomic E-state index is 6.02. The van der Waals surface area contributed by atoms with E-state index in [9.17, 15) is 0 Å². The standard InChI is InChI=1S/C13H20BrN3/c1-9-6-12(14)7-16-13(9)17-5-3-4-11(8-17)10(2)15/h6-7,10-11H,3-5,8,15H2,1-2H3. The highest BCUT2D eigenvalue weighted by atomic mass is 79.9. The van der Waals surface area contributed by atoms with Gasteiger partial charge in [-0.25, -0.2) is 4.98 Å². The van der Waals surface area contributed by atoms with E-state index >= 15 is 0 Å². The van der Waals surface area contributed by atoms with Gasteiger partial charge >= 0.3 is 0 Å². The van der Waals surface area contributed by atoms with Crippen molar-refractivity contribution < 1.29 is 0 Å². The van der Waals surface area contributed by atoms with Gasteiger partial charge in [0.05, 0.1) is 0 Å². The molecule has 94 valence electrons. The number of anilines is 1. The molecule has 1 aromatic rings. The third kappa shape index (κ3) is 2.99. The summed E-state index contributed by atoms with van der Waals surface area (Å²) in [7, 11) is 0. The van der Waals surface area contributed by atoms with Crippen LogP contribution < -0.4 is 10.6 Å². The molecule has 1 aliphatic rings. The predicted molar refractivity (Wildman–Crippen MR) is 75.3 cm³/mol. The Labute approximate surface area is 112 Å². The second-order valence-corrected chi connectivity index (χ2v) is 5.92. The molecule has 17 heavy (non-hydrogen) atoms. The summed E-state index contributed by atoms with van der Waals surface area (Å²) >= 11 is 3.45. The molecule has 0 aromatic carbocycles. The molecule has 0 aliphatic carbocycles. The first-order valence-electron chi connectivity index (χ1n) is 6.20. The number of piperidine rings is 1. The Morgan fingerprint density at radius 2 is 2.35 bits per heavy atom. The number of rotatable bonds is 2. The molecule has 2 heterocycles. The van der Waals surface area contributed by atoms with E-state index in [1.807, 2.05) is 6.20 Å². The molecule has 0 amide bonds. The van der Waals surface area contributed by atoms with Gasteiger partial charge in [-0.1, -0.05) is 0 Å². The zero-order valence-corrected chi connectivity index (χ0v) is 12.1. The lowest BCUT2D eigenvalue weighted by Crippen LogP contribution is -2.43. The van der Waals surface area contributed by atoms with Crippen LogP contribution in [0, 0.1) is 12.8 Å². The molecule has 1 aliphatic heterocycles. The van der Waals surface area contributed by atoms with Crippen LogP contribution in [0.5, 0.6) is 0 Å². The van der Waals surface area contributed by atoms with Crippen molar-refractivity contribution in [2.24, 2.45) is 11.7 Å². The Balaban J connectivity index is 2.16. The molecule has 2 rings (SSSR count). The van der Waals surface area contributed by atoms with E-state index < -0.39 is 0 Å². The van der Waals surface area contributed by atoms with Crippen molar-refractivity contribution >= 4 is 21.7 Å². The smallest absolute Gasteiger partial charge is 0.131 e. The Bertz CT molecular complexity index is 392. The van der Waals surface area contributed by atoms with Crippen molar-refractivity contribution in [2.75, 3.05) is 18.0 Å². The fourth-order valence-corrected chi connectivity index (χ4v) is 2.94. The van der Waals surface area contributed by atoms with Gasteiger partial charge in [-0.15, -0.1) is 0 Å². The van der Waals surface area contributed by atoms with Gasteiger partial charge in [-0.05, 0) is 60.2 Å². The fourth-order valence-electron chi connectivity index (χ4n) is 2.50. The van der Waals surface area contributed by atoms with Gasteiger partial charge in [0, 0.05) is 29.8 Å². The molecule has 0 saturated carbocycles. The minimum absolute atomic E-state index is 0.272. The number of nitrogens with two attached hydrogens (primary N) is 1. The molecule has 2 N–H and O–H groups in total. The second-order valence-electron chi connectivity index (χ2n) is 5.00. The molecule has 2 atom stereocenters. The van der Waals surface area contributed by atoms with Gasteiger partial charge in [0.1, 0.15) is 5.82 Å². The minimum Gasteiger partial charge on any atom is -0.356 e. The van der Waals surface area contributed by atoms with E-state index in [1.165, 1.54) is 18.4 Å². The predicted octanol–water partition coefficient (Wildman–Crippen LogP) is 2.72. The second kappa shape index (κ2) is 5.36. The SMILES string of the molecule is Cc1cc(Br)cnc1N1CCCC(C(C)N)C1. The summed E-state index contributed by atoms with van der Waals surface area (Å²) < 4.78 is 1.04. The zero-order valence-electron chi connectivity index (χ0n) is 10.5. The number of hydrogen-bond acceptors (Lipinski definition) is 3. The van der Waals surface area contributed by atoms with Crippen LogP contribution in [0.3, 0.4) is 0 Å². The third-order valence-corrected chi connectivity index (χ3v) is 3.95. The van der Waals surface area contributed by atoms with Crippen LogP contribution in [-0.2, 0) is 0 Å². The van der Waals surface area contributed by atoms with Crippen LogP contribution in [0.15, 0.2) is 16.7 Å². The number of hydrogen-bond donors (Lipinski definition) is 1. The molecule has 1 fully saturated rings. The normalized spacial score (nSPS) is 22.6. The molecule has 1 saturated heterocycles. The quantitative estimate of drug-likeness (QED) is 0.913. The first kappa shape index (κ1) is 12.8. The van der Waals surface area contributed by atoms with Crippen LogP contribution in [0.1, 0.15) is 25.3 Å². The van der Waals surface area contributed by atoms with E-state index in [-0.39, 0.29) is 6.04 Å². The molecular formula is C13H20BrN3. The maximum Gasteiger partial charge on any atom is 0.131 e. The van der Waals surface area contributed by atoms with Crippen molar-refractivity contribution in [2.45, 2.75) is 32.7 Å². The summed E-state index contributed by atoms with van der Waals surface area (Å²) in [5.74, 6) is 1.70. The van der Waals surface area contributed by atoms with Gasteiger partial charge in [0.25, 0.3) is 0 Å². The summed E-state index contributed by atoms with van der Waals surface area (Å²) in [6, 6.07) is 2.39. The lowest BCUT2D eigenvalue weighted by Gasteiger charge is -2.36. The summed E-state index contributed by atoms with van der Waals surface area (Å²) in [6.07, 6.45) is 4.32. The molecular weight excluding hydrogens is 278 g/mol. The van der Waals surface area contributed by atoms with Gasteiger partial charge in [0.15, 0.2) is 0 Å². The van der Waals surface area contributed by atoms with Crippen molar-refractivity contribution in [3.05, 3.63) is 22.3 Å². The van der Waals surface area contributed by atoms with Crippen molar-refractivity contribution in [3.63, 3.8) is 0 Å². The molecule has 0 radical (unpaired) electrons. The van der Waals surface area contributed by atoms with Gasteiger partial charge in [-0.3, -0.25) is 0 Å². The van der Waals surface area contributed by atoms with Crippen LogP contribution in [0.2, 0.25) is 0 Å².